The lowest BCUT2D eigenvalue weighted by Gasteiger charge is -2.24. The number of rotatable bonds is 9. The molecule has 2 aromatic rings. The monoisotopic (exact) mass is 518 g/mol. The quantitative estimate of drug-likeness (QED) is 0.430. The minimum absolute atomic E-state index is 0. The number of carboxylic acids is 1. The molecule has 36 heavy (non-hydrogen) atoms. The summed E-state index contributed by atoms with van der Waals surface area (Å²) < 4.78 is 11.0. The molecule has 2 heterocycles. The first-order valence-electron chi connectivity index (χ1n) is 11.2. The number of amidine groups is 1. The van der Waals surface area contributed by atoms with Crippen LogP contribution in [0.15, 0.2) is 24.3 Å². The van der Waals surface area contributed by atoms with Gasteiger partial charge < -0.3 is 24.8 Å². The molecule has 0 unspecified atom stereocenters. The van der Waals surface area contributed by atoms with Crippen LogP contribution in [0.1, 0.15) is 65.4 Å². The number of hydrogen-bond acceptors (Lipinski definition) is 7. The molecule has 3 N–H and O–H groups in total. The number of Topliss-reactive ketones (excluding diaryl/α,β-unsaturated/α-hetero) is 1. The summed E-state index contributed by atoms with van der Waals surface area (Å²) in [5.41, 5.74) is 1.88. The van der Waals surface area contributed by atoms with E-state index in [4.69, 9.17) is 20.0 Å². The van der Waals surface area contributed by atoms with E-state index in [2.05, 4.69) is 10.3 Å². The zero-order valence-corrected chi connectivity index (χ0v) is 21.7. The SMILES string of the molecule is CCOc1cc2c(nc1C(=O)NC)C(=N)N(CC(=O)c1ccc(OCC(=O)O)c(C(C)(C)C)c1)C2.Cl. The normalized spacial score (nSPS) is 12.5. The van der Waals surface area contributed by atoms with E-state index in [0.717, 1.165) is 0 Å². The number of nitrogens with zero attached hydrogens (tertiary/aromatic N) is 2. The summed E-state index contributed by atoms with van der Waals surface area (Å²) >= 11 is 0. The van der Waals surface area contributed by atoms with Crippen LogP contribution in [0.5, 0.6) is 11.5 Å². The number of pyridine rings is 1. The minimum atomic E-state index is -1.09. The van der Waals surface area contributed by atoms with Crippen LogP contribution in [-0.4, -0.2) is 65.3 Å². The summed E-state index contributed by atoms with van der Waals surface area (Å²) in [5, 5.41) is 20.0. The first-order valence-corrected chi connectivity index (χ1v) is 11.2. The molecule has 1 aliphatic heterocycles. The van der Waals surface area contributed by atoms with Crippen LogP contribution in [0.4, 0.5) is 0 Å². The predicted molar refractivity (Wildman–Crippen MR) is 136 cm³/mol. The topological polar surface area (TPSA) is 142 Å². The fourth-order valence-electron chi connectivity index (χ4n) is 3.79. The molecule has 0 bridgehead atoms. The van der Waals surface area contributed by atoms with Crippen molar-refractivity contribution in [2.75, 3.05) is 26.8 Å². The van der Waals surface area contributed by atoms with Gasteiger partial charge in [-0.3, -0.25) is 15.0 Å². The van der Waals surface area contributed by atoms with Gasteiger partial charge in [-0.2, -0.15) is 0 Å². The molecular formula is C25H31ClN4O6. The van der Waals surface area contributed by atoms with Crippen LogP contribution < -0.4 is 14.8 Å². The standard InChI is InChI=1S/C25H30N4O6.ClH/c1-6-34-19-10-15-11-29(23(26)21(15)28-22(19)24(33)27-5)12-17(30)14-7-8-18(35-13-20(31)32)16(9-14)25(2,3)4;/h7-10,26H,6,11-13H2,1-5H3,(H,27,33)(H,31,32);1H. The number of benzene rings is 1. The molecule has 0 saturated heterocycles. The summed E-state index contributed by atoms with van der Waals surface area (Å²) in [6.45, 7) is 7.74. The van der Waals surface area contributed by atoms with Crippen LogP contribution in [0.3, 0.4) is 0 Å². The van der Waals surface area contributed by atoms with Crippen molar-refractivity contribution in [1.29, 1.82) is 5.41 Å². The van der Waals surface area contributed by atoms with Crippen LogP contribution in [-0.2, 0) is 16.8 Å². The van der Waals surface area contributed by atoms with Crippen molar-refractivity contribution in [3.63, 3.8) is 0 Å². The molecule has 1 aromatic carbocycles. The van der Waals surface area contributed by atoms with Gasteiger partial charge in [-0.15, -0.1) is 12.4 Å². The second-order valence-electron chi connectivity index (χ2n) is 9.13. The largest absolute Gasteiger partial charge is 0.491 e. The van der Waals surface area contributed by atoms with E-state index in [0.29, 0.717) is 40.5 Å². The number of aromatic nitrogens is 1. The molecule has 10 nitrogen and oxygen atoms in total. The Hall–Kier alpha value is -3.66. The maximum atomic E-state index is 13.2. The average molecular weight is 519 g/mol. The molecule has 0 spiro atoms. The van der Waals surface area contributed by atoms with Crippen LogP contribution in [0.25, 0.3) is 0 Å². The first-order chi connectivity index (χ1) is 16.5. The van der Waals surface area contributed by atoms with Gasteiger partial charge in [0.1, 0.15) is 17.3 Å². The molecule has 11 heteroatoms. The maximum Gasteiger partial charge on any atom is 0.341 e. The molecule has 0 radical (unpaired) electrons. The summed E-state index contributed by atoms with van der Waals surface area (Å²) in [6.07, 6.45) is 0. The number of carboxylic acid groups (broad SMARTS) is 1. The Morgan fingerprint density at radius 1 is 1.17 bits per heavy atom. The van der Waals surface area contributed by atoms with E-state index in [9.17, 15) is 14.4 Å². The minimum Gasteiger partial charge on any atom is -0.491 e. The van der Waals surface area contributed by atoms with Crippen molar-refractivity contribution in [3.05, 3.63) is 52.3 Å². The average Bonchev–Trinajstić information content (AvgIpc) is 3.10. The Morgan fingerprint density at radius 3 is 2.44 bits per heavy atom. The number of fused-ring (bicyclic) bond motifs is 1. The molecule has 0 saturated carbocycles. The smallest absolute Gasteiger partial charge is 0.341 e. The highest BCUT2D eigenvalue weighted by Crippen LogP contribution is 2.33. The molecule has 194 valence electrons. The summed E-state index contributed by atoms with van der Waals surface area (Å²) in [6, 6.07) is 6.60. The van der Waals surface area contributed by atoms with E-state index < -0.39 is 23.9 Å². The van der Waals surface area contributed by atoms with E-state index in [1.54, 1.807) is 36.1 Å². The lowest BCUT2D eigenvalue weighted by atomic mass is 9.85. The highest BCUT2D eigenvalue weighted by atomic mass is 35.5. The van der Waals surface area contributed by atoms with Crippen molar-refractivity contribution < 1.29 is 29.0 Å². The third-order valence-corrected chi connectivity index (χ3v) is 5.51. The molecule has 0 aliphatic carbocycles. The van der Waals surface area contributed by atoms with Gasteiger partial charge in [0.05, 0.1) is 13.2 Å². The highest BCUT2D eigenvalue weighted by molar-refractivity contribution is 6.05. The van der Waals surface area contributed by atoms with Gasteiger partial charge in [0.25, 0.3) is 5.91 Å². The number of carbonyl (C=O) groups is 3. The Kier molecular flexibility index (Phi) is 9.04. The number of ketones is 1. The fraction of sp³-hybridized carbons (Fsp3) is 0.400. The van der Waals surface area contributed by atoms with Gasteiger partial charge >= 0.3 is 5.97 Å². The fourth-order valence-corrected chi connectivity index (χ4v) is 3.79. The predicted octanol–water partition coefficient (Wildman–Crippen LogP) is 3.05. The molecule has 0 atom stereocenters. The number of aliphatic carboxylic acids is 1. The van der Waals surface area contributed by atoms with Crippen molar-refractivity contribution in [2.24, 2.45) is 0 Å². The van der Waals surface area contributed by atoms with E-state index in [1.165, 1.54) is 7.05 Å². The molecule has 0 fully saturated rings. The van der Waals surface area contributed by atoms with Crippen LogP contribution in [0.2, 0.25) is 0 Å². The molecular weight excluding hydrogens is 488 g/mol. The van der Waals surface area contributed by atoms with Gasteiger partial charge in [0, 0.05) is 30.3 Å². The van der Waals surface area contributed by atoms with E-state index >= 15 is 0 Å². The number of hydrogen-bond donors (Lipinski definition) is 3. The lowest BCUT2D eigenvalue weighted by molar-refractivity contribution is -0.139. The second kappa shape index (κ2) is 11.4. The number of amides is 1. The lowest BCUT2D eigenvalue weighted by Crippen LogP contribution is -2.31. The number of halogens is 1. The highest BCUT2D eigenvalue weighted by Gasteiger charge is 2.31. The van der Waals surface area contributed by atoms with Gasteiger partial charge in [-0.05, 0) is 36.6 Å². The number of ether oxygens (including phenoxy) is 2. The maximum absolute atomic E-state index is 13.2. The van der Waals surface area contributed by atoms with Crippen molar-refractivity contribution >= 4 is 35.9 Å². The number of carbonyl (C=O) groups excluding carboxylic acids is 2. The van der Waals surface area contributed by atoms with Gasteiger partial charge in [-0.1, -0.05) is 20.8 Å². The zero-order valence-electron chi connectivity index (χ0n) is 20.9. The van der Waals surface area contributed by atoms with Crippen molar-refractivity contribution in [3.8, 4) is 11.5 Å². The number of nitrogens with one attached hydrogen (secondary N) is 2. The Balaban J connectivity index is 0.00000456. The van der Waals surface area contributed by atoms with Crippen LogP contribution >= 0.6 is 12.4 Å². The summed E-state index contributed by atoms with van der Waals surface area (Å²) in [4.78, 5) is 42.3. The van der Waals surface area contributed by atoms with Crippen LogP contribution in [0, 0.1) is 5.41 Å². The Bertz CT molecular complexity index is 1190. The summed E-state index contributed by atoms with van der Waals surface area (Å²) in [7, 11) is 1.49. The second-order valence-corrected chi connectivity index (χ2v) is 9.13. The zero-order chi connectivity index (χ0) is 25.9. The van der Waals surface area contributed by atoms with Gasteiger partial charge in [-0.25, -0.2) is 9.78 Å². The van der Waals surface area contributed by atoms with Gasteiger partial charge in [0.15, 0.2) is 23.8 Å². The Morgan fingerprint density at radius 2 is 1.86 bits per heavy atom. The summed E-state index contributed by atoms with van der Waals surface area (Å²) in [5.74, 6) is -0.921. The Labute approximate surface area is 215 Å². The molecule has 1 aliphatic rings. The van der Waals surface area contributed by atoms with Gasteiger partial charge in [0.2, 0.25) is 0 Å². The van der Waals surface area contributed by atoms with E-state index in [1.807, 2.05) is 20.8 Å². The van der Waals surface area contributed by atoms with Crippen molar-refractivity contribution in [1.82, 2.24) is 15.2 Å². The van der Waals surface area contributed by atoms with E-state index in [-0.39, 0.29) is 42.8 Å². The third kappa shape index (κ3) is 6.12. The van der Waals surface area contributed by atoms with Crippen molar-refractivity contribution in [2.45, 2.75) is 39.7 Å². The first kappa shape index (κ1) is 28.6. The molecule has 3 rings (SSSR count). The third-order valence-electron chi connectivity index (χ3n) is 5.51. The molecule has 1 amide bonds. The molecule has 1 aromatic heterocycles.